The molecule has 0 aliphatic heterocycles. The van der Waals surface area contributed by atoms with Gasteiger partial charge in [-0.05, 0) is 49.2 Å². The van der Waals surface area contributed by atoms with Crippen LogP contribution in [0.4, 0.5) is 0 Å². The average Bonchev–Trinajstić information content (AvgIpc) is 2.53. The lowest BCUT2D eigenvalue weighted by Gasteiger charge is -2.06. The Morgan fingerprint density at radius 3 is 2.33 bits per heavy atom. The standard InChI is InChI=1S/C17H17NO3/c1-3-13-4-9-16(18-10-13)17(20)11-21-15-7-5-14(6-8-15)12(2)19/h4-10H,3,11H2,1-2H3. The summed E-state index contributed by atoms with van der Waals surface area (Å²) in [7, 11) is 0. The minimum atomic E-state index is -0.173. The Kier molecular flexibility index (Phi) is 4.82. The molecule has 0 saturated heterocycles. The van der Waals surface area contributed by atoms with Crippen molar-refractivity contribution in [3.63, 3.8) is 0 Å². The minimum Gasteiger partial charge on any atom is -0.485 e. The zero-order valence-corrected chi connectivity index (χ0v) is 12.1. The molecule has 0 unspecified atom stereocenters. The third-order valence-corrected chi connectivity index (χ3v) is 3.15. The minimum absolute atomic E-state index is 0.00200. The number of pyridine rings is 1. The highest BCUT2D eigenvalue weighted by Crippen LogP contribution is 2.13. The first-order chi connectivity index (χ1) is 10.1. The van der Waals surface area contributed by atoms with Gasteiger partial charge in [0.25, 0.3) is 0 Å². The Bertz CT molecular complexity index is 630. The number of hydrogen-bond acceptors (Lipinski definition) is 4. The van der Waals surface area contributed by atoms with Gasteiger partial charge in [0, 0.05) is 11.8 Å². The van der Waals surface area contributed by atoms with E-state index in [2.05, 4.69) is 4.98 Å². The highest BCUT2D eigenvalue weighted by molar-refractivity contribution is 5.95. The molecule has 0 amide bonds. The van der Waals surface area contributed by atoms with Crippen molar-refractivity contribution in [2.45, 2.75) is 20.3 Å². The lowest BCUT2D eigenvalue weighted by atomic mass is 10.1. The van der Waals surface area contributed by atoms with Gasteiger partial charge < -0.3 is 4.74 Å². The summed E-state index contributed by atoms with van der Waals surface area (Å²) < 4.78 is 5.41. The lowest BCUT2D eigenvalue weighted by Crippen LogP contribution is -2.13. The first kappa shape index (κ1) is 14.9. The second kappa shape index (κ2) is 6.79. The quantitative estimate of drug-likeness (QED) is 0.764. The number of carbonyl (C=O) groups excluding carboxylic acids is 2. The number of rotatable bonds is 6. The largest absolute Gasteiger partial charge is 0.485 e. The topological polar surface area (TPSA) is 56.3 Å². The molecule has 0 bridgehead atoms. The van der Waals surface area contributed by atoms with Crippen molar-refractivity contribution in [1.29, 1.82) is 0 Å². The van der Waals surface area contributed by atoms with E-state index in [-0.39, 0.29) is 18.2 Å². The van der Waals surface area contributed by atoms with Crippen LogP contribution in [-0.4, -0.2) is 23.2 Å². The summed E-state index contributed by atoms with van der Waals surface area (Å²) in [6.07, 6.45) is 2.59. The molecule has 1 heterocycles. The van der Waals surface area contributed by atoms with E-state index in [1.807, 2.05) is 13.0 Å². The van der Waals surface area contributed by atoms with E-state index in [0.29, 0.717) is 17.0 Å². The molecular weight excluding hydrogens is 266 g/mol. The number of ketones is 2. The van der Waals surface area contributed by atoms with E-state index in [1.165, 1.54) is 6.92 Å². The van der Waals surface area contributed by atoms with Gasteiger partial charge in [0.2, 0.25) is 5.78 Å². The Morgan fingerprint density at radius 2 is 1.81 bits per heavy atom. The number of nitrogens with zero attached hydrogens (tertiary/aromatic N) is 1. The summed E-state index contributed by atoms with van der Waals surface area (Å²) in [6.45, 7) is 3.47. The number of carbonyl (C=O) groups is 2. The van der Waals surface area contributed by atoms with Crippen LogP contribution < -0.4 is 4.74 Å². The summed E-state index contributed by atoms with van der Waals surface area (Å²) >= 11 is 0. The molecule has 0 saturated carbocycles. The second-order valence-corrected chi connectivity index (χ2v) is 4.70. The monoisotopic (exact) mass is 283 g/mol. The maximum absolute atomic E-state index is 12.0. The van der Waals surface area contributed by atoms with Gasteiger partial charge in [-0.25, -0.2) is 0 Å². The Morgan fingerprint density at radius 1 is 1.10 bits per heavy atom. The Hall–Kier alpha value is -2.49. The van der Waals surface area contributed by atoms with Gasteiger partial charge in [-0.1, -0.05) is 13.0 Å². The smallest absolute Gasteiger partial charge is 0.218 e. The van der Waals surface area contributed by atoms with E-state index >= 15 is 0 Å². The van der Waals surface area contributed by atoms with Crippen LogP contribution in [0.2, 0.25) is 0 Å². The Labute approximate surface area is 123 Å². The molecule has 4 nitrogen and oxygen atoms in total. The van der Waals surface area contributed by atoms with Crippen LogP contribution in [0.5, 0.6) is 5.75 Å². The van der Waals surface area contributed by atoms with Gasteiger partial charge in [-0.15, -0.1) is 0 Å². The third-order valence-electron chi connectivity index (χ3n) is 3.15. The van der Waals surface area contributed by atoms with Crippen molar-refractivity contribution in [1.82, 2.24) is 4.98 Å². The zero-order valence-electron chi connectivity index (χ0n) is 12.1. The molecule has 1 aromatic heterocycles. The van der Waals surface area contributed by atoms with Gasteiger partial charge in [0.15, 0.2) is 12.4 Å². The third kappa shape index (κ3) is 3.99. The molecule has 4 heteroatoms. The van der Waals surface area contributed by atoms with Gasteiger partial charge in [-0.2, -0.15) is 0 Å². The van der Waals surface area contributed by atoms with Crippen LogP contribution in [0, 0.1) is 0 Å². The van der Waals surface area contributed by atoms with Gasteiger partial charge in [0.05, 0.1) is 0 Å². The normalized spacial score (nSPS) is 10.2. The SMILES string of the molecule is CCc1ccc(C(=O)COc2ccc(C(C)=O)cc2)nc1. The van der Waals surface area contributed by atoms with Crippen LogP contribution in [-0.2, 0) is 6.42 Å². The van der Waals surface area contributed by atoms with Crippen molar-refractivity contribution < 1.29 is 14.3 Å². The lowest BCUT2D eigenvalue weighted by molar-refractivity contribution is 0.0915. The van der Waals surface area contributed by atoms with Crippen molar-refractivity contribution >= 4 is 11.6 Å². The van der Waals surface area contributed by atoms with Crippen molar-refractivity contribution in [2.75, 3.05) is 6.61 Å². The fourth-order valence-electron chi connectivity index (χ4n) is 1.81. The molecule has 0 spiro atoms. The number of aromatic nitrogens is 1. The van der Waals surface area contributed by atoms with Crippen molar-refractivity contribution in [3.05, 3.63) is 59.4 Å². The predicted octanol–water partition coefficient (Wildman–Crippen LogP) is 3.11. The molecule has 2 aromatic rings. The van der Waals surface area contributed by atoms with Gasteiger partial charge >= 0.3 is 0 Å². The molecule has 0 radical (unpaired) electrons. The molecule has 0 fully saturated rings. The molecule has 21 heavy (non-hydrogen) atoms. The molecule has 0 atom stereocenters. The maximum atomic E-state index is 12.0. The molecular formula is C17H17NO3. The van der Waals surface area contributed by atoms with Crippen LogP contribution >= 0.6 is 0 Å². The van der Waals surface area contributed by atoms with E-state index < -0.39 is 0 Å². The average molecular weight is 283 g/mol. The van der Waals surface area contributed by atoms with Gasteiger partial charge in [-0.3, -0.25) is 14.6 Å². The van der Waals surface area contributed by atoms with Crippen LogP contribution in [0.3, 0.4) is 0 Å². The highest BCUT2D eigenvalue weighted by atomic mass is 16.5. The summed E-state index contributed by atoms with van der Waals surface area (Å²) in [5.41, 5.74) is 2.10. The molecule has 2 rings (SSSR count). The summed E-state index contributed by atoms with van der Waals surface area (Å²) in [5.74, 6) is 0.379. The highest BCUT2D eigenvalue weighted by Gasteiger charge is 2.08. The van der Waals surface area contributed by atoms with Gasteiger partial charge in [0.1, 0.15) is 11.4 Å². The van der Waals surface area contributed by atoms with Crippen LogP contribution in [0.15, 0.2) is 42.6 Å². The first-order valence-electron chi connectivity index (χ1n) is 6.82. The summed E-state index contributed by atoms with van der Waals surface area (Å²) in [5, 5.41) is 0. The molecule has 108 valence electrons. The van der Waals surface area contributed by atoms with Crippen LogP contribution in [0.1, 0.15) is 40.3 Å². The first-order valence-corrected chi connectivity index (χ1v) is 6.82. The number of Topliss-reactive ketones (excluding diaryl/α,β-unsaturated/α-hetero) is 2. The number of aryl methyl sites for hydroxylation is 1. The maximum Gasteiger partial charge on any atom is 0.218 e. The van der Waals surface area contributed by atoms with E-state index in [9.17, 15) is 9.59 Å². The summed E-state index contributed by atoms with van der Waals surface area (Å²) in [6, 6.07) is 10.3. The Balaban J connectivity index is 1.95. The molecule has 0 aliphatic carbocycles. The molecule has 0 aliphatic rings. The van der Waals surface area contributed by atoms with E-state index in [4.69, 9.17) is 4.74 Å². The fraction of sp³-hybridized carbons (Fsp3) is 0.235. The fourth-order valence-corrected chi connectivity index (χ4v) is 1.81. The summed E-state index contributed by atoms with van der Waals surface area (Å²) in [4.78, 5) is 27.2. The van der Waals surface area contributed by atoms with Crippen molar-refractivity contribution in [2.24, 2.45) is 0 Å². The van der Waals surface area contributed by atoms with Crippen LogP contribution in [0.25, 0.3) is 0 Å². The van der Waals surface area contributed by atoms with Crippen molar-refractivity contribution in [3.8, 4) is 5.75 Å². The number of benzene rings is 1. The number of hydrogen-bond donors (Lipinski definition) is 0. The number of ether oxygens (including phenoxy) is 1. The molecule has 1 aromatic carbocycles. The zero-order chi connectivity index (χ0) is 15.2. The predicted molar refractivity (Wildman–Crippen MR) is 79.9 cm³/mol. The van der Waals surface area contributed by atoms with E-state index in [0.717, 1.165) is 12.0 Å². The van der Waals surface area contributed by atoms with E-state index in [1.54, 1.807) is 36.5 Å². The molecule has 0 N–H and O–H groups in total. The second-order valence-electron chi connectivity index (χ2n) is 4.70.